The molecule has 0 saturated carbocycles. The molecule has 0 aliphatic carbocycles. The maximum atomic E-state index is 12.2. The van der Waals surface area contributed by atoms with E-state index in [0.29, 0.717) is 46.5 Å². The van der Waals surface area contributed by atoms with Gasteiger partial charge in [0.05, 0.1) is 0 Å². The summed E-state index contributed by atoms with van der Waals surface area (Å²) >= 11 is 5.55. The van der Waals surface area contributed by atoms with Crippen LogP contribution in [0.1, 0.15) is 23.1 Å². The zero-order valence-electron chi connectivity index (χ0n) is 12.4. The molecule has 1 amide bonds. The molecule has 0 aliphatic rings. The third kappa shape index (κ3) is 4.87. The number of halogens is 2. The standard InChI is InChI=1S/C14H16F2N4OS2/c1-2-20-11(18-19-14(20)22)7-8-17-12(21)9-3-5-10(6-4-9)23-13(15)16/h3-6,13H,2,7-8H2,1H3,(H,17,21)(H,19,22). The summed E-state index contributed by atoms with van der Waals surface area (Å²) in [7, 11) is 0. The minimum Gasteiger partial charge on any atom is -0.352 e. The van der Waals surface area contributed by atoms with E-state index in [9.17, 15) is 13.6 Å². The van der Waals surface area contributed by atoms with Gasteiger partial charge in [0.25, 0.3) is 11.7 Å². The molecule has 1 heterocycles. The highest BCUT2D eigenvalue weighted by atomic mass is 32.2. The zero-order chi connectivity index (χ0) is 16.8. The van der Waals surface area contributed by atoms with E-state index in [1.54, 1.807) is 0 Å². The summed E-state index contributed by atoms with van der Waals surface area (Å²) in [5.74, 6) is -1.94. The number of carbonyl (C=O) groups is 1. The average Bonchev–Trinajstić information content (AvgIpc) is 2.87. The van der Waals surface area contributed by atoms with E-state index in [0.717, 1.165) is 5.82 Å². The predicted octanol–water partition coefficient (Wildman–Crippen LogP) is 3.25. The summed E-state index contributed by atoms with van der Waals surface area (Å²) < 4.78 is 26.9. The second-order valence-electron chi connectivity index (χ2n) is 4.60. The number of nitrogens with zero attached hydrogens (tertiary/aromatic N) is 2. The van der Waals surface area contributed by atoms with Gasteiger partial charge in [-0.1, -0.05) is 11.8 Å². The highest BCUT2D eigenvalue weighted by molar-refractivity contribution is 7.99. The van der Waals surface area contributed by atoms with Crippen LogP contribution in [-0.4, -0.2) is 33.0 Å². The van der Waals surface area contributed by atoms with Crippen LogP contribution in [0.25, 0.3) is 0 Å². The average molecular weight is 358 g/mol. The molecule has 2 rings (SSSR count). The minimum atomic E-state index is -2.47. The van der Waals surface area contributed by atoms with Crippen LogP contribution in [0.2, 0.25) is 0 Å². The number of amides is 1. The number of carbonyl (C=O) groups excluding carboxylic acids is 1. The first-order chi connectivity index (χ1) is 11.0. The van der Waals surface area contributed by atoms with E-state index < -0.39 is 5.76 Å². The molecule has 2 N–H and O–H groups in total. The van der Waals surface area contributed by atoms with Crippen LogP contribution >= 0.6 is 24.0 Å². The van der Waals surface area contributed by atoms with Crippen LogP contribution in [-0.2, 0) is 13.0 Å². The summed E-state index contributed by atoms with van der Waals surface area (Å²) in [5, 5.41) is 9.61. The molecule has 23 heavy (non-hydrogen) atoms. The van der Waals surface area contributed by atoms with Gasteiger partial charge in [-0.3, -0.25) is 9.89 Å². The molecule has 124 valence electrons. The third-order valence-corrected chi connectivity index (χ3v) is 4.16. The molecule has 0 atom stereocenters. The number of rotatable bonds is 7. The fourth-order valence-electron chi connectivity index (χ4n) is 2.04. The van der Waals surface area contributed by atoms with Gasteiger partial charge in [-0.2, -0.15) is 13.9 Å². The highest BCUT2D eigenvalue weighted by Gasteiger charge is 2.09. The molecule has 0 fully saturated rings. The molecule has 0 radical (unpaired) electrons. The molecule has 5 nitrogen and oxygen atoms in total. The molecule has 9 heteroatoms. The number of thioether (sulfide) groups is 1. The largest absolute Gasteiger partial charge is 0.352 e. The van der Waals surface area contributed by atoms with Crippen LogP contribution in [0, 0.1) is 4.77 Å². The van der Waals surface area contributed by atoms with Crippen molar-refractivity contribution < 1.29 is 13.6 Å². The fourth-order valence-corrected chi connectivity index (χ4v) is 2.82. The molecular weight excluding hydrogens is 342 g/mol. The monoisotopic (exact) mass is 358 g/mol. The number of alkyl halides is 2. The Labute approximate surface area is 141 Å². The minimum absolute atomic E-state index is 0.254. The maximum Gasteiger partial charge on any atom is 0.288 e. The van der Waals surface area contributed by atoms with Crippen molar-refractivity contribution in [2.24, 2.45) is 0 Å². The van der Waals surface area contributed by atoms with Gasteiger partial charge in [0.1, 0.15) is 5.82 Å². The third-order valence-electron chi connectivity index (χ3n) is 3.13. The van der Waals surface area contributed by atoms with E-state index in [-0.39, 0.29) is 5.91 Å². The van der Waals surface area contributed by atoms with Crippen molar-refractivity contribution >= 4 is 29.9 Å². The van der Waals surface area contributed by atoms with Crippen LogP contribution < -0.4 is 5.32 Å². The van der Waals surface area contributed by atoms with E-state index in [1.807, 2.05) is 11.5 Å². The van der Waals surface area contributed by atoms with E-state index in [2.05, 4.69) is 15.5 Å². The van der Waals surface area contributed by atoms with Gasteiger partial charge < -0.3 is 9.88 Å². The van der Waals surface area contributed by atoms with Crippen LogP contribution in [0.3, 0.4) is 0 Å². The number of hydrogen-bond acceptors (Lipinski definition) is 4. The number of hydrogen-bond donors (Lipinski definition) is 2. The molecule has 2 aromatic rings. The van der Waals surface area contributed by atoms with E-state index >= 15 is 0 Å². The molecule has 0 bridgehead atoms. The Morgan fingerprint density at radius 3 is 2.74 bits per heavy atom. The molecular formula is C14H16F2N4OS2. The normalized spacial score (nSPS) is 11.0. The molecule has 0 unspecified atom stereocenters. The van der Waals surface area contributed by atoms with Gasteiger partial charge in [-0.25, -0.2) is 0 Å². The number of aromatic amines is 1. The van der Waals surface area contributed by atoms with Gasteiger partial charge >= 0.3 is 0 Å². The maximum absolute atomic E-state index is 12.2. The lowest BCUT2D eigenvalue weighted by molar-refractivity contribution is 0.0954. The Morgan fingerprint density at radius 2 is 2.13 bits per heavy atom. The van der Waals surface area contributed by atoms with E-state index in [4.69, 9.17) is 12.2 Å². The van der Waals surface area contributed by atoms with Crippen molar-refractivity contribution in [3.8, 4) is 0 Å². The second-order valence-corrected chi connectivity index (χ2v) is 6.05. The molecule has 1 aromatic carbocycles. The van der Waals surface area contributed by atoms with Gasteiger partial charge in [-0.05, 0) is 43.4 Å². The van der Waals surface area contributed by atoms with Crippen LogP contribution in [0.5, 0.6) is 0 Å². The fraction of sp³-hybridized carbons (Fsp3) is 0.357. The first-order valence-corrected chi connectivity index (χ1v) is 8.27. The first-order valence-electron chi connectivity index (χ1n) is 6.98. The summed E-state index contributed by atoms with van der Waals surface area (Å²) in [4.78, 5) is 12.4. The number of benzene rings is 1. The summed E-state index contributed by atoms with van der Waals surface area (Å²) in [6.07, 6.45) is 0.548. The second kappa shape index (κ2) is 8.21. The van der Waals surface area contributed by atoms with Gasteiger partial charge in [0.2, 0.25) is 0 Å². The topological polar surface area (TPSA) is 62.7 Å². The smallest absolute Gasteiger partial charge is 0.288 e. The first kappa shape index (κ1) is 17.6. The van der Waals surface area contributed by atoms with Crippen molar-refractivity contribution in [3.63, 3.8) is 0 Å². The molecule has 0 spiro atoms. The van der Waals surface area contributed by atoms with Crippen molar-refractivity contribution in [2.75, 3.05) is 6.54 Å². The summed E-state index contributed by atoms with van der Waals surface area (Å²) in [6, 6.07) is 6.08. The van der Waals surface area contributed by atoms with Gasteiger partial charge in [-0.15, -0.1) is 0 Å². The Kier molecular flexibility index (Phi) is 6.28. The van der Waals surface area contributed by atoms with E-state index in [1.165, 1.54) is 24.3 Å². The lowest BCUT2D eigenvalue weighted by atomic mass is 10.2. The Morgan fingerprint density at radius 1 is 1.43 bits per heavy atom. The highest BCUT2D eigenvalue weighted by Crippen LogP contribution is 2.25. The Bertz CT molecular complexity index is 712. The lowest BCUT2D eigenvalue weighted by Gasteiger charge is -2.07. The SMILES string of the molecule is CCn1c(CCNC(=O)c2ccc(SC(F)F)cc2)n[nH]c1=S. The Balaban J connectivity index is 1.88. The van der Waals surface area contributed by atoms with Crippen molar-refractivity contribution in [2.45, 2.75) is 30.5 Å². The van der Waals surface area contributed by atoms with Crippen molar-refractivity contribution in [1.82, 2.24) is 20.1 Å². The number of aromatic nitrogens is 3. The predicted molar refractivity (Wildman–Crippen MR) is 87.4 cm³/mol. The van der Waals surface area contributed by atoms with Crippen LogP contribution in [0.4, 0.5) is 8.78 Å². The lowest BCUT2D eigenvalue weighted by Crippen LogP contribution is -2.26. The molecule has 1 aromatic heterocycles. The quantitative estimate of drug-likeness (QED) is 0.589. The number of H-pyrrole nitrogens is 1. The van der Waals surface area contributed by atoms with Crippen molar-refractivity contribution in [1.29, 1.82) is 0 Å². The Hall–Kier alpha value is -1.74. The number of nitrogens with one attached hydrogen (secondary N) is 2. The molecule has 0 saturated heterocycles. The van der Waals surface area contributed by atoms with Crippen molar-refractivity contribution in [3.05, 3.63) is 40.4 Å². The summed E-state index contributed by atoms with van der Waals surface area (Å²) in [6.45, 7) is 3.08. The summed E-state index contributed by atoms with van der Waals surface area (Å²) in [5.41, 5.74) is 0.429. The van der Waals surface area contributed by atoms with Crippen LogP contribution in [0.15, 0.2) is 29.2 Å². The zero-order valence-corrected chi connectivity index (χ0v) is 14.0. The van der Waals surface area contributed by atoms with Gasteiger partial charge in [0, 0.05) is 30.0 Å². The van der Waals surface area contributed by atoms with Gasteiger partial charge in [0.15, 0.2) is 4.77 Å². The molecule has 0 aliphatic heterocycles.